The number of aryl methyl sites for hydroxylation is 1. The minimum absolute atomic E-state index is 0.184. The quantitative estimate of drug-likeness (QED) is 0.247. The normalized spacial score (nSPS) is 12.8. The number of nitrogens with one attached hydrogen (secondary N) is 2. The monoisotopic (exact) mass is 595 g/mol. The average molecular weight is 596 g/mol. The number of aromatic nitrogens is 1. The van der Waals surface area contributed by atoms with E-state index in [9.17, 15) is 20.1 Å². The molecule has 12 nitrogen and oxygen atoms in total. The highest BCUT2D eigenvalue weighted by Gasteiger charge is 2.30. The van der Waals surface area contributed by atoms with Gasteiger partial charge in [-0.15, -0.1) is 0 Å². The molecule has 0 spiro atoms. The number of hydrogen-bond donors (Lipinski definition) is 3. The maximum Gasteiger partial charge on any atom is 0.259 e. The standard InChI is InChI=1S/C32H33N7O5/c1-20-29(30(36-44-20)24-7-5-6-8-28(24)43-4)32(41)39-15-13-38(14-16-39)27-18-25(26(35-42)17-22(27)19-33)34-31(40)21-9-11-23(12-10-21)37(2)3/h5-12,17-18,35,42H,13-16H2,1-4H3,(H,34,40). The molecule has 0 radical (unpaired) electrons. The predicted octanol–water partition coefficient (Wildman–Crippen LogP) is 4.61. The number of carbonyl (C=O) groups is 2. The Kier molecular flexibility index (Phi) is 8.68. The number of piperazine rings is 1. The number of amides is 2. The molecule has 3 N–H and O–H groups in total. The Morgan fingerprint density at radius 1 is 1.05 bits per heavy atom. The van der Waals surface area contributed by atoms with Crippen LogP contribution in [0.5, 0.6) is 5.75 Å². The van der Waals surface area contributed by atoms with Crippen LogP contribution in [0, 0.1) is 18.3 Å². The molecule has 226 valence electrons. The summed E-state index contributed by atoms with van der Waals surface area (Å²) < 4.78 is 10.9. The number of anilines is 4. The van der Waals surface area contributed by atoms with Crippen LogP contribution in [-0.2, 0) is 0 Å². The molecule has 5 rings (SSSR count). The van der Waals surface area contributed by atoms with Crippen LogP contribution >= 0.6 is 0 Å². The number of hydrogen-bond acceptors (Lipinski definition) is 10. The molecule has 12 heteroatoms. The predicted molar refractivity (Wildman–Crippen MR) is 167 cm³/mol. The first-order valence-corrected chi connectivity index (χ1v) is 14.0. The topological polar surface area (TPSA) is 147 Å². The molecule has 1 saturated heterocycles. The van der Waals surface area contributed by atoms with Gasteiger partial charge >= 0.3 is 0 Å². The highest BCUT2D eigenvalue weighted by atomic mass is 16.5. The summed E-state index contributed by atoms with van der Waals surface area (Å²) in [5.74, 6) is 0.414. The molecular formula is C32H33N7O5. The molecule has 0 bridgehead atoms. The van der Waals surface area contributed by atoms with Gasteiger partial charge in [-0.3, -0.25) is 20.3 Å². The Morgan fingerprint density at radius 2 is 1.75 bits per heavy atom. The number of nitriles is 1. The zero-order valence-electron chi connectivity index (χ0n) is 24.9. The minimum Gasteiger partial charge on any atom is -0.496 e. The Balaban J connectivity index is 1.35. The zero-order valence-corrected chi connectivity index (χ0v) is 24.9. The van der Waals surface area contributed by atoms with Gasteiger partial charge in [0, 0.05) is 57.1 Å². The molecule has 0 saturated carbocycles. The molecule has 2 amide bonds. The lowest BCUT2D eigenvalue weighted by Gasteiger charge is -2.36. The van der Waals surface area contributed by atoms with Crippen molar-refractivity contribution < 1.29 is 24.1 Å². The van der Waals surface area contributed by atoms with Crippen LogP contribution in [0.4, 0.5) is 22.7 Å². The van der Waals surface area contributed by atoms with Crippen LogP contribution in [-0.4, -0.2) is 74.5 Å². The smallest absolute Gasteiger partial charge is 0.259 e. The SMILES string of the molecule is COc1ccccc1-c1noc(C)c1C(=O)N1CCN(c2cc(NC(=O)c3ccc(N(C)C)cc3)c(NO)cc2C#N)CC1. The number of methoxy groups -OCH3 is 1. The lowest BCUT2D eigenvalue weighted by Crippen LogP contribution is -2.49. The second-order valence-corrected chi connectivity index (χ2v) is 10.5. The van der Waals surface area contributed by atoms with Gasteiger partial charge in [-0.25, -0.2) is 0 Å². The van der Waals surface area contributed by atoms with Crippen molar-refractivity contribution in [3.8, 4) is 23.1 Å². The van der Waals surface area contributed by atoms with Gasteiger partial charge in [0.2, 0.25) is 0 Å². The molecular weight excluding hydrogens is 562 g/mol. The molecule has 0 unspecified atom stereocenters. The fourth-order valence-corrected chi connectivity index (χ4v) is 5.20. The van der Waals surface area contributed by atoms with Crippen LogP contribution < -0.4 is 25.3 Å². The average Bonchev–Trinajstić information content (AvgIpc) is 3.44. The van der Waals surface area contributed by atoms with Crippen molar-refractivity contribution in [3.05, 3.63) is 83.1 Å². The summed E-state index contributed by atoms with van der Waals surface area (Å²) in [6, 6.07) is 19.7. The van der Waals surface area contributed by atoms with Crippen LogP contribution in [0.1, 0.15) is 32.0 Å². The molecule has 3 aromatic carbocycles. The molecule has 44 heavy (non-hydrogen) atoms. The van der Waals surface area contributed by atoms with E-state index in [0.717, 1.165) is 5.69 Å². The van der Waals surface area contributed by atoms with Crippen LogP contribution in [0.15, 0.2) is 65.2 Å². The lowest BCUT2D eigenvalue weighted by atomic mass is 10.0. The maximum atomic E-state index is 13.7. The van der Waals surface area contributed by atoms with Gasteiger partial charge in [0.1, 0.15) is 28.8 Å². The third-order valence-electron chi connectivity index (χ3n) is 7.62. The van der Waals surface area contributed by atoms with Gasteiger partial charge in [-0.05, 0) is 55.5 Å². The third kappa shape index (κ3) is 5.86. The second-order valence-electron chi connectivity index (χ2n) is 10.5. The van der Waals surface area contributed by atoms with Gasteiger partial charge < -0.3 is 29.3 Å². The summed E-state index contributed by atoms with van der Waals surface area (Å²) in [4.78, 5) is 32.4. The maximum absolute atomic E-state index is 13.7. The van der Waals surface area contributed by atoms with E-state index in [-0.39, 0.29) is 17.5 Å². The Morgan fingerprint density at radius 3 is 2.39 bits per heavy atom. The zero-order chi connectivity index (χ0) is 31.4. The summed E-state index contributed by atoms with van der Waals surface area (Å²) >= 11 is 0. The van der Waals surface area contributed by atoms with Crippen molar-refractivity contribution in [2.45, 2.75) is 6.92 Å². The van der Waals surface area contributed by atoms with E-state index in [1.54, 1.807) is 43.2 Å². The number of benzene rings is 3. The summed E-state index contributed by atoms with van der Waals surface area (Å²) in [6.07, 6.45) is 0. The molecule has 1 fully saturated rings. The molecule has 1 aromatic heterocycles. The minimum atomic E-state index is -0.368. The largest absolute Gasteiger partial charge is 0.496 e. The summed E-state index contributed by atoms with van der Waals surface area (Å²) in [7, 11) is 5.39. The molecule has 4 aromatic rings. The van der Waals surface area contributed by atoms with Crippen LogP contribution in [0.2, 0.25) is 0 Å². The van der Waals surface area contributed by atoms with Crippen LogP contribution in [0.3, 0.4) is 0 Å². The van der Waals surface area contributed by atoms with Crippen molar-refractivity contribution >= 4 is 34.6 Å². The molecule has 2 heterocycles. The third-order valence-corrected chi connectivity index (χ3v) is 7.62. The molecule has 1 aliphatic rings. The Hall–Kier alpha value is -5.54. The molecule has 1 aliphatic heterocycles. The van der Waals surface area contributed by atoms with Crippen molar-refractivity contribution in [2.24, 2.45) is 0 Å². The first kappa shape index (κ1) is 29.9. The number of ether oxygens (including phenoxy) is 1. The van der Waals surface area contributed by atoms with Crippen LogP contribution in [0.25, 0.3) is 11.3 Å². The fraction of sp³-hybridized carbons (Fsp3) is 0.250. The summed E-state index contributed by atoms with van der Waals surface area (Å²) in [6.45, 7) is 3.32. The lowest BCUT2D eigenvalue weighted by molar-refractivity contribution is 0.0745. The van der Waals surface area contributed by atoms with Crippen molar-refractivity contribution in [1.29, 1.82) is 5.26 Å². The Labute approximate surface area is 255 Å². The number of carbonyl (C=O) groups excluding carboxylic acids is 2. The molecule has 0 atom stereocenters. The fourth-order valence-electron chi connectivity index (χ4n) is 5.20. The van der Waals surface area contributed by atoms with Crippen molar-refractivity contribution in [2.75, 3.05) is 68.0 Å². The van der Waals surface area contributed by atoms with Crippen molar-refractivity contribution in [1.82, 2.24) is 10.1 Å². The second kappa shape index (κ2) is 12.8. The van der Waals surface area contributed by atoms with Crippen molar-refractivity contribution in [3.63, 3.8) is 0 Å². The van der Waals surface area contributed by atoms with Gasteiger partial charge in [0.25, 0.3) is 11.8 Å². The van der Waals surface area contributed by atoms with E-state index in [1.807, 2.05) is 54.2 Å². The first-order valence-electron chi connectivity index (χ1n) is 14.0. The Bertz CT molecular complexity index is 1720. The number of rotatable bonds is 8. The van der Waals surface area contributed by atoms with E-state index < -0.39 is 0 Å². The molecule has 0 aliphatic carbocycles. The van der Waals surface area contributed by atoms with E-state index in [1.165, 1.54) is 6.07 Å². The van der Waals surface area contributed by atoms with E-state index in [0.29, 0.717) is 77.0 Å². The highest BCUT2D eigenvalue weighted by molar-refractivity contribution is 6.06. The number of para-hydroxylation sites is 1. The number of nitrogens with zero attached hydrogens (tertiary/aromatic N) is 5. The van der Waals surface area contributed by atoms with Gasteiger partial charge in [0.05, 0.1) is 29.7 Å². The van der Waals surface area contributed by atoms with E-state index in [2.05, 4.69) is 22.0 Å². The van der Waals surface area contributed by atoms with Gasteiger partial charge in [-0.2, -0.15) is 5.26 Å². The van der Waals surface area contributed by atoms with E-state index >= 15 is 0 Å². The van der Waals surface area contributed by atoms with E-state index in [4.69, 9.17) is 9.26 Å². The van der Waals surface area contributed by atoms with Gasteiger partial charge in [-0.1, -0.05) is 17.3 Å². The highest BCUT2D eigenvalue weighted by Crippen LogP contribution is 2.35. The van der Waals surface area contributed by atoms with Gasteiger partial charge in [0.15, 0.2) is 0 Å². The first-order chi connectivity index (χ1) is 21.2. The summed E-state index contributed by atoms with van der Waals surface area (Å²) in [5.41, 5.74) is 6.31. The summed E-state index contributed by atoms with van der Waals surface area (Å²) in [5, 5.41) is 26.7.